The summed E-state index contributed by atoms with van der Waals surface area (Å²) in [6.07, 6.45) is 1.72. The monoisotopic (exact) mass is 486 g/mol. The van der Waals surface area contributed by atoms with E-state index in [0.717, 1.165) is 5.56 Å². The Hall–Kier alpha value is -4.11. The quantitative estimate of drug-likeness (QED) is 0.265. The lowest BCUT2D eigenvalue weighted by Crippen LogP contribution is -2.22. The van der Waals surface area contributed by atoms with Gasteiger partial charge in [-0.3, -0.25) is 18.6 Å². The van der Waals surface area contributed by atoms with Gasteiger partial charge < -0.3 is 9.47 Å². The molecule has 0 atom stereocenters. The van der Waals surface area contributed by atoms with Crippen molar-refractivity contribution in [2.45, 2.75) is 17.8 Å². The predicted molar refractivity (Wildman–Crippen MR) is 136 cm³/mol. The first-order chi connectivity index (χ1) is 17.0. The van der Waals surface area contributed by atoms with Crippen LogP contribution in [-0.2, 0) is 5.75 Å². The molecule has 3 heterocycles. The Morgan fingerprint density at radius 1 is 0.914 bits per heavy atom. The summed E-state index contributed by atoms with van der Waals surface area (Å²) in [6, 6.07) is 17.7. The fourth-order valence-electron chi connectivity index (χ4n) is 3.87. The molecule has 5 aromatic rings. The number of fused-ring (bicyclic) bond motifs is 2. The Kier molecular flexibility index (Phi) is 6.00. The van der Waals surface area contributed by atoms with E-state index >= 15 is 0 Å². The van der Waals surface area contributed by atoms with Crippen molar-refractivity contribution in [3.05, 3.63) is 98.8 Å². The lowest BCUT2D eigenvalue weighted by Gasteiger charge is -2.15. The van der Waals surface area contributed by atoms with Crippen molar-refractivity contribution in [1.29, 1.82) is 0 Å². The highest BCUT2D eigenvalue weighted by molar-refractivity contribution is 7.98. The number of nitrogens with zero attached hydrogens (tertiary/aromatic N) is 4. The molecule has 0 aliphatic rings. The highest BCUT2D eigenvalue weighted by Crippen LogP contribution is 2.31. The zero-order valence-electron chi connectivity index (χ0n) is 19.4. The third-order valence-electron chi connectivity index (χ3n) is 5.60. The first-order valence-electron chi connectivity index (χ1n) is 10.8. The number of aryl methyl sites for hydroxylation is 1. The fraction of sp³-hybridized carbons (Fsp3) is 0.154. The third-order valence-corrected chi connectivity index (χ3v) is 6.57. The van der Waals surface area contributed by atoms with Crippen molar-refractivity contribution >= 4 is 28.3 Å². The van der Waals surface area contributed by atoms with E-state index in [4.69, 9.17) is 14.5 Å². The predicted octanol–water partition coefficient (Wildman–Crippen LogP) is 4.01. The molecule has 0 saturated carbocycles. The van der Waals surface area contributed by atoms with Crippen molar-refractivity contribution in [3.8, 4) is 17.2 Å². The maximum Gasteiger partial charge on any atom is 0.266 e. The van der Waals surface area contributed by atoms with Crippen LogP contribution in [-0.4, -0.2) is 33.2 Å². The van der Waals surface area contributed by atoms with Crippen LogP contribution in [0.25, 0.3) is 22.2 Å². The number of ether oxygens (including phenoxy) is 2. The van der Waals surface area contributed by atoms with Gasteiger partial charge in [0.05, 0.1) is 36.5 Å². The van der Waals surface area contributed by atoms with E-state index in [-0.39, 0.29) is 11.1 Å². The van der Waals surface area contributed by atoms with Crippen LogP contribution in [0.1, 0.15) is 11.3 Å². The van der Waals surface area contributed by atoms with Crippen LogP contribution >= 0.6 is 11.8 Å². The van der Waals surface area contributed by atoms with Crippen LogP contribution in [0, 0.1) is 6.92 Å². The topological polar surface area (TPSA) is 87.7 Å². The summed E-state index contributed by atoms with van der Waals surface area (Å²) in [5.74, 6) is 1.42. The average molecular weight is 487 g/mol. The van der Waals surface area contributed by atoms with Crippen LogP contribution in [0.3, 0.4) is 0 Å². The van der Waals surface area contributed by atoms with Gasteiger partial charge in [-0.05, 0) is 48.9 Å². The number of benzene rings is 2. The van der Waals surface area contributed by atoms with Crippen LogP contribution < -0.4 is 20.6 Å². The molecular formula is C26H22N4O4S. The Balaban J connectivity index is 1.62. The number of hydrogen-bond acceptors (Lipinski definition) is 7. The molecule has 0 amide bonds. The minimum absolute atomic E-state index is 0.158. The summed E-state index contributed by atoms with van der Waals surface area (Å²) in [7, 11) is 3.10. The summed E-state index contributed by atoms with van der Waals surface area (Å²) >= 11 is 1.34. The molecule has 0 N–H and O–H groups in total. The van der Waals surface area contributed by atoms with Crippen molar-refractivity contribution < 1.29 is 9.47 Å². The fourth-order valence-corrected chi connectivity index (χ4v) is 4.77. The molecule has 176 valence electrons. The SMILES string of the molecule is COc1ccc(-n2c(SCc3cc(=O)n4ccc(C)cc4n3)nc3ccccc3c2=O)cc1OC. The van der Waals surface area contributed by atoms with Gasteiger partial charge in [-0.1, -0.05) is 23.9 Å². The minimum Gasteiger partial charge on any atom is -0.493 e. The molecule has 0 bridgehead atoms. The molecule has 0 fully saturated rings. The minimum atomic E-state index is -0.201. The summed E-state index contributed by atoms with van der Waals surface area (Å²) in [5.41, 5.74) is 3.03. The number of rotatable bonds is 6. The highest BCUT2D eigenvalue weighted by atomic mass is 32.2. The van der Waals surface area contributed by atoms with Crippen molar-refractivity contribution in [1.82, 2.24) is 18.9 Å². The Morgan fingerprint density at radius 3 is 2.51 bits per heavy atom. The molecule has 5 rings (SSSR count). The van der Waals surface area contributed by atoms with E-state index < -0.39 is 0 Å². The number of para-hydroxylation sites is 1. The second-order valence-corrected chi connectivity index (χ2v) is 8.84. The number of aromatic nitrogens is 4. The average Bonchev–Trinajstić information content (AvgIpc) is 2.87. The van der Waals surface area contributed by atoms with Crippen LogP contribution in [0.4, 0.5) is 0 Å². The van der Waals surface area contributed by atoms with Crippen molar-refractivity contribution in [3.63, 3.8) is 0 Å². The maximum absolute atomic E-state index is 13.6. The van der Waals surface area contributed by atoms with Gasteiger partial charge in [-0.25, -0.2) is 9.97 Å². The lowest BCUT2D eigenvalue weighted by atomic mass is 10.2. The largest absolute Gasteiger partial charge is 0.493 e. The van der Waals surface area contributed by atoms with Crippen LogP contribution in [0.2, 0.25) is 0 Å². The molecular weight excluding hydrogens is 464 g/mol. The molecule has 0 saturated heterocycles. The summed E-state index contributed by atoms with van der Waals surface area (Å²) in [5, 5.41) is 0.983. The lowest BCUT2D eigenvalue weighted by molar-refractivity contribution is 0.354. The van der Waals surface area contributed by atoms with E-state index in [0.29, 0.717) is 50.3 Å². The van der Waals surface area contributed by atoms with Gasteiger partial charge in [0.25, 0.3) is 11.1 Å². The number of pyridine rings is 1. The molecule has 2 aromatic carbocycles. The molecule has 8 nitrogen and oxygen atoms in total. The summed E-state index contributed by atoms with van der Waals surface area (Å²) in [6.45, 7) is 1.95. The zero-order chi connectivity index (χ0) is 24.5. The smallest absolute Gasteiger partial charge is 0.266 e. The Labute approximate surface area is 204 Å². The molecule has 0 unspecified atom stereocenters. The van der Waals surface area contributed by atoms with E-state index in [1.807, 2.05) is 37.3 Å². The molecule has 0 aliphatic carbocycles. The van der Waals surface area contributed by atoms with Gasteiger partial charge in [-0.15, -0.1) is 0 Å². The Morgan fingerprint density at radius 2 is 1.71 bits per heavy atom. The van der Waals surface area contributed by atoms with Gasteiger partial charge in [0.15, 0.2) is 16.7 Å². The van der Waals surface area contributed by atoms with Crippen LogP contribution in [0.15, 0.2) is 81.6 Å². The Bertz CT molecular complexity index is 1690. The number of hydrogen-bond donors (Lipinski definition) is 0. The van der Waals surface area contributed by atoms with Gasteiger partial charge in [-0.2, -0.15) is 0 Å². The molecule has 0 aliphatic heterocycles. The second-order valence-electron chi connectivity index (χ2n) is 7.90. The molecule has 9 heteroatoms. The standard InChI is InChI=1S/C26H22N4O4S/c1-16-10-11-29-23(12-16)27-17(13-24(29)31)15-35-26-28-20-7-5-4-6-19(20)25(32)30(26)18-8-9-21(33-2)22(14-18)34-3/h4-14H,15H2,1-3H3. The molecule has 0 spiro atoms. The number of thioether (sulfide) groups is 1. The van der Waals surface area contributed by atoms with Gasteiger partial charge in [0.1, 0.15) is 5.65 Å². The van der Waals surface area contributed by atoms with Crippen molar-refractivity contribution in [2.24, 2.45) is 0 Å². The van der Waals surface area contributed by atoms with E-state index in [1.165, 1.54) is 22.2 Å². The van der Waals surface area contributed by atoms with E-state index in [1.54, 1.807) is 49.2 Å². The zero-order valence-corrected chi connectivity index (χ0v) is 20.2. The second kappa shape index (κ2) is 9.27. The van der Waals surface area contributed by atoms with Gasteiger partial charge >= 0.3 is 0 Å². The number of methoxy groups -OCH3 is 2. The van der Waals surface area contributed by atoms with Gasteiger partial charge in [0, 0.05) is 24.1 Å². The van der Waals surface area contributed by atoms with Crippen LogP contribution in [0.5, 0.6) is 11.5 Å². The third kappa shape index (κ3) is 4.26. The highest BCUT2D eigenvalue weighted by Gasteiger charge is 2.16. The molecule has 3 aromatic heterocycles. The summed E-state index contributed by atoms with van der Waals surface area (Å²) in [4.78, 5) is 35.5. The first-order valence-corrected chi connectivity index (χ1v) is 11.8. The molecule has 0 radical (unpaired) electrons. The normalized spacial score (nSPS) is 11.2. The first kappa shape index (κ1) is 22.7. The maximum atomic E-state index is 13.6. The molecule has 35 heavy (non-hydrogen) atoms. The van der Waals surface area contributed by atoms with Crippen molar-refractivity contribution in [2.75, 3.05) is 14.2 Å². The van der Waals surface area contributed by atoms with E-state index in [9.17, 15) is 9.59 Å². The van der Waals surface area contributed by atoms with E-state index in [2.05, 4.69) is 4.98 Å². The summed E-state index contributed by atoms with van der Waals surface area (Å²) < 4.78 is 13.8. The van der Waals surface area contributed by atoms with Gasteiger partial charge in [0.2, 0.25) is 0 Å².